The van der Waals surface area contributed by atoms with Crippen LogP contribution < -0.4 is 4.74 Å². The van der Waals surface area contributed by atoms with Gasteiger partial charge in [0.15, 0.2) is 0 Å². The van der Waals surface area contributed by atoms with Gasteiger partial charge in [-0.25, -0.2) is 0 Å². The van der Waals surface area contributed by atoms with Crippen LogP contribution in [0.5, 0.6) is 5.75 Å². The minimum Gasteiger partial charge on any atom is -0.496 e. The van der Waals surface area contributed by atoms with Crippen molar-refractivity contribution < 1.29 is 4.74 Å². The molecule has 0 unspecified atom stereocenters. The second-order valence-electron chi connectivity index (χ2n) is 4.23. The van der Waals surface area contributed by atoms with Crippen LogP contribution in [0.3, 0.4) is 0 Å². The van der Waals surface area contributed by atoms with Crippen LogP contribution in [0.25, 0.3) is 0 Å². The molecule has 0 aliphatic carbocycles. The molecule has 0 aliphatic heterocycles. The Morgan fingerprint density at radius 2 is 1.94 bits per heavy atom. The van der Waals surface area contributed by atoms with Crippen LogP contribution in [0.2, 0.25) is 0 Å². The van der Waals surface area contributed by atoms with E-state index in [9.17, 15) is 0 Å². The highest BCUT2D eigenvalue weighted by molar-refractivity contribution is 5.38. The highest BCUT2D eigenvalue weighted by Crippen LogP contribution is 2.25. The lowest BCUT2D eigenvalue weighted by Gasteiger charge is -2.14. The quantitative estimate of drug-likeness (QED) is 0.796. The molecule has 88 valence electrons. The fraction of sp³-hybridized carbons (Fsp3) is 0.429. The maximum absolute atomic E-state index is 8.98. The van der Waals surface area contributed by atoms with E-state index in [2.05, 4.69) is 19.1 Å². The topological polar surface area (TPSA) is 56.8 Å². The van der Waals surface area contributed by atoms with Gasteiger partial charge in [-0.05, 0) is 30.5 Å². The van der Waals surface area contributed by atoms with Crippen molar-refractivity contribution in [3.05, 3.63) is 29.3 Å². The van der Waals surface area contributed by atoms with Crippen LogP contribution in [-0.2, 0) is 12.8 Å². The lowest BCUT2D eigenvalue weighted by molar-refractivity contribution is 0.409. The van der Waals surface area contributed by atoms with E-state index in [0.29, 0.717) is 6.42 Å². The molecule has 0 amide bonds. The van der Waals surface area contributed by atoms with Crippen LogP contribution in [-0.4, -0.2) is 7.11 Å². The smallest absolute Gasteiger partial charge is 0.145 e. The zero-order valence-corrected chi connectivity index (χ0v) is 10.4. The summed E-state index contributed by atoms with van der Waals surface area (Å²) in [6.45, 7) is 3.71. The highest BCUT2D eigenvalue weighted by Gasteiger charge is 2.24. The molecular formula is C14H16N2O. The number of rotatable bonds is 4. The van der Waals surface area contributed by atoms with E-state index >= 15 is 0 Å². The van der Waals surface area contributed by atoms with Gasteiger partial charge in [0.25, 0.3) is 0 Å². The summed E-state index contributed by atoms with van der Waals surface area (Å²) < 4.78 is 5.24. The zero-order chi connectivity index (χ0) is 12.9. The van der Waals surface area contributed by atoms with Crippen molar-refractivity contribution in [1.29, 1.82) is 10.5 Å². The molecule has 0 bridgehead atoms. The summed E-state index contributed by atoms with van der Waals surface area (Å²) in [7, 11) is 1.64. The maximum atomic E-state index is 8.98. The van der Waals surface area contributed by atoms with Crippen molar-refractivity contribution >= 4 is 0 Å². The average molecular weight is 228 g/mol. The molecule has 0 spiro atoms. The summed E-state index contributed by atoms with van der Waals surface area (Å²) in [5.74, 6) is 0.854. The number of methoxy groups -OCH3 is 1. The molecule has 0 aromatic heterocycles. The van der Waals surface area contributed by atoms with Gasteiger partial charge in [-0.1, -0.05) is 19.1 Å². The van der Waals surface area contributed by atoms with Crippen molar-refractivity contribution in [1.82, 2.24) is 0 Å². The molecule has 1 aromatic carbocycles. The maximum Gasteiger partial charge on any atom is 0.145 e. The second-order valence-corrected chi connectivity index (χ2v) is 4.23. The Hall–Kier alpha value is -2.00. The fourth-order valence-corrected chi connectivity index (χ4v) is 1.73. The Kier molecular flexibility index (Phi) is 4.12. The summed E-state index contributed by atoms with van der Waals surface area (Å²) >= 11 is 0. The number of nitrogens with zero attached hydrogens (tertiary/aromatic N) is 2. The van der Waals surface area contributed by atoms with Crippen molar-refractivity contribution in [2.75, 3.05) is 7.11 Å². The van der Waals surface area contributed by atoms with Crippen LogP contribution in [0.15, 0.2) is 18.2 Å². The lowest BCUT2D eigenvalue weighted by atomic mass is 9.86. The lowest BCUT2D eigenvalue weighted by Crippen LogP contribution is -2.14. The summed E-state index contributed by atoms with van der Waals surface area (Å²) in [4.78, 5) is 0. The predicted octanol–water partition coefficient (Wildman–Crippen LogP) is 2.85. The van der Waals surface area contributed by atoms with E-state index in [-0.39, 0.29) is 0 Å². The van der Waals surface area contributed by atoms with Crippen LogP contribution in [0.4, 0.5) is 0 Å². The molecule has 17 heavy (non-hydrogen) atoms. The Morgan fingerprint density at radius 1 is 1.29 bits per heavy atom. The number of aryl methyl sites for hydroxylation is 1. The van der Waals surface area contributed by atoms with Gasteiger partial charge >= 0.3 is 0 Å². The summed E-state index contributed by atoms with van der Waals surface area (Å²) in [6, 6.07) is 9.91. The van der Waals surface area contributed by atoms with Gasteiger partial charge in [-0.3, -0.25) is 0 Å². The van der Waals surface area contributed by atoms with E-state index in [1.807, 2.05) is 18.2 Å². The van der Waals surface area contributed by atoms with E-state index < -0.39 is 5.41 Å². The molecule has 3 heteroatoms. The average Bonchev–Trinajstić information content (AvgIpc) is 2.38. The monoisotopic (exact) mass is 228 g/mol. The van der Waals surface area contributed by atoms with E-state index in [1.54, 1.807) is 14.0 Å². The number of benzene rings is 1. The summed E-state index contributed by atoms with van der Waals surface area (Å²) in [5.41, 5.74) is 1.14. The van der Waals surface area contributed by atoms with Gasteiger partial charge < -0.3 is 4.74 Å². The molecular weight excluding hydrogens is 212 g/mol. The summed E-state index contributed by atoms with van der Waals surface area (Å²) in [5, 5.41) is 18.0. The van der Waals surface area contributed by atoms with Crippen LogP contribution in [0, 0.1) is 28.1 Å². The first-order valence-electron chi connectivity index (χ1n) is 5.57. The molecule has 0 saturated carbocycles. The third kappa shape index (κ3) is 2.98. The Morgan fingerprint density at radius 3 is 2.41 bits per heavy atom. The first kappa shape index (κ1) is 13.1. The van der Waals surface area contributed by atoms with Crippen molar-refractivity contribution in [3.8, 4) is 17.9 Å². The molecule has 0 radical (unpaired) electrons. The first-order chi connectivity index (χ1) is 8.08. The molecule has 0 saturated heterocycles. The van der Waals surface area contributed by atoms with E-state index in [0.717, 1.165) is 23.3 Å². The highest BCUT2D eigenvalue weighted by atomic mass is 16.5. The summed E-state index contributed by atoms with van der Waals surface area (Å²) in [6.07, 6.45) is 1.31. The molecule has 0 fully saturated rings. The van der Waals surface area contributed by atoms with Gasteiger partial charge in [0.1, 0.15) is 11.2 Å². The van der Waals surface area contributed by atoms with Crippen LogP contribution in [0.1, 0.15) is 25.0 Å². The molecule has 1 aromatic rings. The molecule has 3 nitrogen and oxygen atoms in total. The number of nitriles is 2. The Bertz CT molecular complexity index is 466. The fourth-order valence-electron chi connectivity index (χ4n) is 1.73. The second kappa shape index (κ2) is 5.37. The third-order valence-corrected chi connectivity index (χ3v) is 2.78. The van der Waals surface area contributed by atoms with Crippen molar-refractivity contribution in [3.63, 3.8) is 0 Å². The number of hydrogen-bond acceptors (Lipinski definition) is 3. The molecule has 0 aliphatic rings. The Labute approximate surface area is 102 Å². The van der Waals surface area contributed by atoms with Gasteiger partial charge in [0.05, 0.1) is 19.2 Å². The van der Waals surface area contributed by atoms with Gasteiger partial charge in [-0.2, -0.15) is 10.5 Å². The normalized spacial score (nSPS) is 10.4. The molecule has 1 rings (SSSR count). The minimum atomic E-state index is -0.959. The Balaban J connectivity index is 3.03. The van der Waals surface area contributed by atoms with E-state index in [1.165, 1.54) is 0 Å². The zero-order valence-electron chi connectivity index (χ0n) is 10.4. The predicted molar refractivity (Wildman–Crippen MR) is 65.4 cm³/mol. The van der Waals surface area contributed by atoms with Gasteiger partial charge in [-0.15, -0.1) is 0 Å². The largest absolute Gasteiger partial charge is 0.496 e. The molecule has 0 N–H and O–H groups in total. The molecule has 0 atom stereocenters. The van der Waals surface area contributed by atoms with Crippen molar-refractivity contribution in [2.24, 2.45) is 5.41 Å². The SMILES string of the molecule is CCc1cc(CC(C)(C#N)C#N)ccc1OC. The van der Waals surface area contributed by atoms with Gasteiger partial charge in [0, 0.05) is 6.42 Å². The van der Waals surface area contributed by atoms with Gasteiger partial charge in [0.2, 0.25) is 0 Å². The number of ether oxygens (including phenoxy) is 1. The molecule has 0 heterocycles. The van der Waals surface area contributed by atoms with E-state index in [4.69, 9.17) is 15.3 Å². The third-order valence-electron chi connectivity index (χ3n) is 2.78. The first-order valence-corrected chi connectivity index (χ1v) is 5.57. The standard InChI is InChI=1S/C14H16N2O/c1-4-12-7-11(5-6-13(12)17-3)8-14(2,9-15)10-16/h5-7H,4,8H2,1-3H3. The van der Waals surface area contributed by atoms with Crippen molar-refractivity contribution in [2.45, 2.75) is 26.7 Å². The van der Waals surface area contributed by atoms with Crippen LogP contribution >= 0.6 is 0 Å². The number of hydrogen-bond donors (Lipinski definition) is 0. The minimum absolute atomic E-state index is 0.441.